The minimum Gasteiger partial charge on any atom is -0.497 e. The van der Waals surface area contributed by atoms with E-state index in [0.29, 0.717) is 0 Å². The van der Waals surface area contributed by atoms with Crippen molar-refractivity contribution < 1.29 is 14.6 Å². The molecule has 2 unspecified atom stereocenters. The molecule has 0 saturated heterocycles. The molecular formula is C16H16O3. The van der Waals surface area contributed by atoms with Crippen molar-refractivity contribution in [2.24, 2.45) is 0 Å². The summed E-state index contributed by atoms with van der Waals surface area (Å²) in [4.78, 5) is 0. The fourth-order valence-electron chi connectivity index (χ4n) is 2.45. The SMILES string of the molecule is COc1ccc(C2Cc3ccccc3C(O)O2)cc1. The lowest BCUT2D eigenvalue weighted by Crippen LogP contribution is -2.20. The number of rotatable bonds is 2. The zero-order valence-electron chi connectivity index (χ0n) is 10.7. The van der Waals surface area contributed by atoms with Crippen LogP contribution in [-0.4, -0.2) is 12.2 Å². The van der Waals surface area contributed by atoms with Crippen molar-refractivity contribution in [1.82, 2.24) is 0 Å². The van der Waals surface area contributed by atoms with Crippen LogP contribution in [0.2, 0.25) is 0 Å². The molecule has 0 saturated carbocycles. The Bertz CT molecular complexity index is 562. The van der Waals surface area contributed by atoms with E-state index in [2.05, 4.69) is 0 Å². The first-order chi connectivity index (χ1) is 9.28. The second-order valence-corrected chi connectivity index (χ2v) is 4.65. The van der Waals surface area contributed by atoms with Crippen LogP contribution in [0.25, 0.3) is 0 Å². The molecule has 0 bridgehead atoms. The van der Waals surface area contributed by atoms with Crippen LogP contribution in [0.15, 0.2) is 48.5 Å². The second-order valence-electron chi connectivity index (χ2n) is 4.65. The molecule has 3 heteroatoms. The van der Waals surface area contributed by atoms with Crippen LogP contribution < -0.4 is 4.74 Å². The highest BCUT2D eigenvalue weighted by molar-refractivity contribution is 5.34. The molecule has 0 radical (unpaired) electrons. The number of ether oxygens (including phenoxy) is 2. The highest BCUT2D eigenvalue weighted by Crippen LogP contribution is 2.36. The molecule has 3 rings (SSSR count). The normalized spacial score (nSPS) is 21.8. The summed E-state index contributed by atoms with van der Waals surface area (Å²) in [5.41, 5.74) is 3.06. The monoisotopic (exact) mass is 256 g/mol. The molecule has 0 fully saturated rings. The molecule has 0 spiro atoms. The average molecular weight is 256 g/mol. The van der Waals surface area contributed by atoms with Crippen LogP contribution in [0, 0.1) is 0 Å². The van der Waals surface area contributed by atoms with Gasteiger partial charge in [0.1, 0.15) is 5.75 Å². The summed E-state index contributed by atoms with van der Waals surface area (Å²) < 4.78 is 10.8. The van der Waals surface area contributed by atoms with Crippen LogP contribution in [0.1, 0.15) is 29.1 Å². The van der Waals surface area contributed by atoms with Gasteiger partial charge in [-0.1, -0.05) is 36.4 Å². The van der Waals surface area contributed by atoms with E-state index in [-0.39, 0.29) is 6.10 Å². The number of aliphatic hydroxyl groups is 1. The summed E-state index contributed by atoms with van der Waals surface area (Å²) in [5, 5.41) is 10.0. The van der Waals surface area contributed by atoms with Gasteiger partial charge < -0.3 is 14.6 Å². The zero-order chi connectivity index (χ0) is 13.2. The van der Waals surface area contributed by atoms with Crippen molar-refractivity contribution in [2.75, 3.05) is 7.11 Å². The smallest absolute Gasteiger partial charge is 0.182 e. The molecule has 3 nitrogen and oxygen atoms in total. The van der Waals surface area contributed by atoms with Crippen LogP contribution in [-0.2, 0) is 11.2 Å². The third kappa shape index (κ3) is 2.35. The minimum absolute atomic E-state index is 0.115. The van der Waals surface area contributed by atoms with Gasteiger partial charge in [0.05, 0.1) is 13.2 Å². The summed E-state index contributed by atoms with van der Waals surface area (Å²) in [6, 6.07) is 15.6. The predicted octanol–water partition coefficient (Wildman–Crippen LogP) is 3.00. The lowest BCUT2D eigenvalue weighted by molar-refractivity contribution is -0.151. The fourth-order valence-corrected chi connectivity index (χ4v) is 2.45. The van der Waals surface area contributed by atoms with E-state index in [1.165, 1.54) is 0 Å². The van der Waals surface area contributed by atoms with E-state index in [1.807, 2.05) is 48.5 Å². The molecule has 1 aliphatic rings. The van der Waals surface area contributed by atoms with E-state index in [4.69, 9.17) is 9.47 Å². The fraction of sp³-hybridized carbons (Fsp3) is 0.250. The van der Waals surface area contributed by atoms with Gasteiger partial charge in [0.2, 0.25) is 0 Å². The van der Waals surface area contributed by atoms with Crippen molar-refractivity contribution >= 4 is 0 Å². The number of aliphatic hydroxyl groups excluding tert-OH is 1. The molecule has 2 atom stereocenters. The van der Waals surface area contributed by atoms with E-state index < -0.39 is 6.29 Å². The molecule has 2 aromatic carbocycles. The summed E-state index contributed by atoms with van der Waals surface area (Å²) in [5.74, 6) is 0.820. The van der Waals surface area contributed by atoms with E-state index in [0.717, 1.165) is 28.9 Å². The third-order valence-corrected chi connectivity index (χ3v) is 3.51. The molecule has 0 aromatic heterocycles. The molecule has 2 aromatic rings. The topological polar surface area (TPSA) is 38.7 Å². The van der Waals surface area contributed by atoms with Gasteiger partial charge in [-0.3, -0.25) is 0 Å². The largest absolute Gasteiger partial charge is 0.497 e. The molecule has 19 heavy (non-hydrogen) atoms. The molecule has 98 valence electrons. The number of hydrogen-bond acceptors (Lipinski definition) is 3. The zero-order valence-corrected chi connectivity index (χ0v) is 10.7. The Morgan fingerprint density at radius 1 is 1.11 bits per heavy atom. The Hall–Kier alpha value is -1.84. The Kier molecular flexibility index (Phi) is 3.23. The maximum absolute atomic E-state index is 10.0. The van der Waals surface area contributed by atoms with Crippen molar-refractivity contribution in [2.45, 2.75) is 18.8 Å². The van der Waals surface area contributed by atoms with Crippen LogP contribution in [0.4, 0.5) is 0 Å². The van der Waals surface area contributed by atoms with Crippen molar-refractivity contribution in [1.29, 1.82) is 0 Å². The third-order valence-electron chi connectivity index (χ3n) is 3.51. The molecule has 1 aliphatic heterocycles. The quantitative estimate of drug-likeness (QED) is 0.897. The lowest BCUT2D eigenvalue weighted by atomic mass is 9.94. The van der Waals surface area contributed by atoms with Crippen molar-refractivity contribution in [3.63, 3.8) is 0 Å². The average Bonchev–Trinajstić information content (AvgIpc) is 2.47. The van der Waals surface area contributed by atoms with Crippen molar-refractivity contribution in [3.8, 4) is 5.75 Å². The highest BCUT2D eigenvalue weighted by Gasteiger charge is 2.26. The first-order valence-corrected chi connectivity index (χ1v) is 6.33. The van der Waals surface area contributed by atoms with E-state index >= 15 is 0 Å². The molecule has 1 heterocycles. The molecule has 0 aliphatic carbocycles. The van der Waals surface area contributed by atoms with E-state index in [9.17, 15) is 5.11 Å². The van der Waals surface area contributed by atoms with Gasteiger partial charge in [-0.15, -0.1) is 0 Å². The van der Waals surface area contributed by atoms with Gasteiger partial charge in [-0.05, 0) is 23.3 Å². The standard InChI is InChI=1S/C16H16O3/c1-18-13-8-6-11(7-9-13)15-10-12-4-2-3-5-14(12)16(17)19-15/h2-9,15-17H,10H2,1H3. The summed E-state index contributed by atoms with van der Waals surface area (Å²) in [6.07, 6.45) is -0.188. The molecule has 1 N–H and O–H groups in total. The van der Waals surface area contributed by atoms with Crippen LogP contribution in [0.3, 0.4) is 0 Å². The van der Waals surface area contributed by atoms with Crippen LogP contribution in [0.5, 0.6) is 5.75 Å². The van der Waals surface area contributed by atoms with Gasteiger partial charge in [0, 0.05) is 12.0 Å². The lowest BCUT2D eigenvalue weighted by Gasteiger charge is -2.29. The van der Waals surface area contributed by atoms with Gasteiger partial charge in [0.25, 0.3) is 0 Å². The maximum atomic E-state index is 10.0. The number of hydrogen-bond donors (Lipinski definition) is 1. The van der Waals surface area contributed by atoms with Gasteiger partial charge in [0.15, 0.2) is 6.29 Å². The van der Waals surface area contributed by atoms with Gasteiger partial charge in [-0.2, -0.15) is 0 Å². The number of fused-ring (bicyclic) bond motifs is 1. The summed E-state index contributed by atoms with van der Waals surface area (Å²) in [6.45, 7) is 0. The van der Waals surface area contributed by atoms with Gasteiger partial charge in [-0.25, -0.2) is 0 Å². The Morgan fingerprint density at radius 3 is 2.58 bits per heavy atom. The number of methoxy groups -OCH3 is 1. The van der Waals surface area contributed by atoms with E-state index in [1.54, 1.807) is 7.11 Å². The Morgan fingerprint density at radius 2 is 1.84 bits per heavy atom. The summed E-state index contributed by atoms with van der Waals surface area (Å²) in [7, 11) is 1.64. The Labute approximate surface area is 112 Å². The number of benzene rings is 2. The predicted molar refractivity (Wildman–Crippen MR) is 71.9 cm³/mol. The van der Waals surface area contributed by atoms with Crippen LogP contribution >= 0.6 is 0 Å². The summed E-state index contributed by atoms with van der Waals surface area (Å²) >= 11 is 0. The first-order valence-electron chi connectivity index (χ1n) is 6.33. The first kappa shape index (κ1) is 12.2. The highest BCUT2D eigenvalue weighted by atomic mass is 16.6. The van der Waals surface area contributed by atoms with Gasteiger partial charge >= 0.3 is 0 Å². The maximum Gasteiger partial charge on any atom is 0.182 e. The minimum atomic E-state index is -0.850. The molecular weight excluding hydrogens is 240 g/mol. The molecule has 0 amide bonds. The Balaban J connectivity index is 1.87. The van der Waals surface area contributed by atoms with Crippen molar-refractivity contribution in [3.05, 3.63) is 65.2 Å². The second kappa shape index (κ2) is 5.03.